The number of rotatable bonds is 2. The van der Waals surface area contributed by atoms with Crippen molar-refractivity contribution < 1.29 is 5.21 Å². The van der Waals surface area contributed by atoms with E-state index in [4.69, 9.17) is 5.21 Å². The van der Waals surface area contributed by atoms with Gasteiger partial charge in [0.2, 0.25) is 0 Å². The fraction of sp³-hybridized carbons (Fsp3) is 0.0769. The van der Waals surface area contributed by atoms with Gasteiger partial charge in [-0.1, -0.05) is 35.0 Å². The molecule has 16 heavy (non-hydrogen) atoms. The smallest absolute Gasteiger partial charge is 0.117 e. The third kappa shape index (κ3) is 2.08. The van der Waals surface area contributed by atoms with Gasteiger partial charge in [-0.25, -0.2) is 0 Å². The summed E-state index contributed by atoms with van der Waals surface area (Å²) in [4.78, 5) is 3.93. The third-order valence-corrected chi connectivity index (χ3v) is 2.38. The topological polar surface area (TPSA) is 45.5 Å². The summed E-state index contributed by atoms with van der Waals surface area (Å²) in [5.41, 5.74) is 3.47. The van der Waals surface area contributed by atoms with Gasteiger partial charge < -0.3 is 5.21 Å². The van der Waals surface area contributed by atoms with Crippen LogP contribution in [0.5, 0.6) is 0 Å². The zero-order chi connectivity index (χ0) is 11.4. The van der Waals surface area contributed by atoms with Crippen molar-refractivity contribution in [1.29, 1.82) is 0 Å². The van der Waals surface area contributed by atoms with Gasteiger partial charge in [-0.2, -0.15) is 0 Å². The Labute approximate surface area is 94.1 Å². The Bertz CT molecular complexity index is 489. The van der Waals surface area contributed by atoms with Crippen LogP contribution in [0.2, 0.25) is 0 Å². The monoisotopic (exact) mass is 212 g/mol. The van der Waals surface area contributed by atoms with E-state index in [0.717, 1.165) is 11.1 Å². The lowest BCUT2D eigenvalue weighted by Gasteiger charge is -2.04. The van der Waals surface area contributed by atoms with Crippen LogP contribution in [-0.4, -0.2) is 15.9 Å². The van der Waals surface area contributed by atoms with Gasteiger partial charge in [0, 0.05) is 23.5 Å². The zero-order valence-electron chi connectivity index (χ0n) is 8.96. The highest BCUT2D eigenvalue weighted by Gasteiger charge is 2.06. The van der Waals surface area contributed by atoms with Gasteiger partial charge in [-0.15, -0.1) is 0 Å². The lowest BCUT2D eigenvalue weighted by atomic mass is 10.0. The minimum Gasteiger partial charge on any atom is -0.410 e. The van der Waals surface area contributed by atoms with Crippen LogP contribution >= 0.6 is 0 Å². The highest BCUT2D eigenvalue weighted by atomic mass is 16.4. The van der Waals surface area contributed by atoms with E-state index in [-0.39, 0.29) is 0 Å². The average molecular weight is 212 g/mol. The van der Waals surface area contributed by atoms with Crippen LogP contribution in [-0.2, 0) is 0 Å². The SMILES string of the molecule is Cc1ccc(C(=NO)c2ccncc2)cc1. The predicted octanol–water partition coefficient (Wildman–Crippen LogP) is 2.62. The number of hydrogen-bond acceptors (Lipinski definition) is 3. The first-order valence-corrected chi connectivity index (χ1v) is 5.01. The Balaban J connectivity index is 2.42. The molecule has 0 radical (unpaired) electrons. The molecule has 0 atom stereocenters. The van der Waals surface area contributed by atoms with Crippen molar-refractivity contribution in [3.05, 3.63) is 65.5 Å². The first kappa shape index (κ1) is 10.4. The molecule has 0 saturated carbocycles. The molecule has 1 N–H and O–H groups in total. The van der Waals surface area contributed by atoms with Crippen molar-refractivity contribution in [3.8, 4) is 0 Å². The normalized spacial score (nSPS) is 11.4. The molecule has 1 aromatic carbocycles. The standard InChI is InChI=1S/C13H12N2O/c1-10-2-4-11(5-3-10)13(15-16)12-6-8-14-9-7-12/h2-9,16H,1H3. The van der Waals surface area contributed by atoms with E-state index in [1.54, 1.807) is 12.4 Å². The number of nitrogens with zero attached hydrogens (tertiary/aromatic N) is 2. The second-order valence-corrected chi connectivity index (χ2v) is 3.55. The van der Waals surface area contributed by atoms with Crippen molar-refractivity contribution in [2.75, 3.05) is 0 Å². The number of aryl methyl sites for hydroxylation is 1. The molecule has 0 spiro atoms. The van der Waals surface area contributed by atoms with Gasteiger partial charge in [0.05, 0.1) is 0 Å². The van der Waals surface area contributed by atoms with Crippen molar-refractivity contribution in [1.82, 2.24) is 4.98 Å². The molecule has 0 bridgehead atoms. The molecule has 0 fully saturated rings. The summed E-state index contributed by atoms with van der Waals surface area (Å²) in [5.74, 6) is 0. The molecule has 0 aliphatic heterocycles. The molecule has 1 aromatic heterocycles. The van der Waals surface area contributed by atoms with Crippen LogP contribution < -0.4 is 0 Å². The number of aromatic nitrogens is 1. The van der Waals surface area contributed by atoms with Crippen molar-refractivity contribution in [3.63, 3.8) is 0 Å². The summed E-state index contributed by atoms with van der Waals surface area (Å²) in [5, 5.41) is 12.4. The van der Waals surface area contributed by atoms with E-state index >= 15 is 0 Å². The highest BCUT2D eigenvalue weighted by Crippen LogP contribution is 2.11. The number of pyridine rings is 1. The first-order chi connectivity index (χ1) is 7.81. The van der Waals surface area contributed by atoms with Crippen LogP contribution in [0.25, 0.3) is 0 Å². The second-order valence-electron chi connectivity index (χ2n) is 3.55. The van der Waals surface area contributed by atoms with E-state index in [2.05, 4.69) is 10.1 Å². The maximum atomic E-state index is 9.07. The molecule has 3 nitrogen and oxygen atoms in total. The van der Waals surface area contributed by atoms with Gasteiger partial charge in [0.15, 0.2) is 0 Å². The highest BCUT2D eigenvalue weighted by molar-refractivity contribution is 6.12. The van der Waals surface area contributed by atoms with Crippen LogP contribution in [0.1, 0.15) is 16.7 Å². The number of benzene rings is 1. The van der Waals surface area contributed by atoms with Crippen LogP contribution in [0.3, 0.4) is 0 Å². The summed E-state index contributed by atoms with van der Waals surface area (Å²) in [6, 6.07) is 11.5. The zero-order valence-corrected chi connectivity index (χ0v) is 8.96. The van der Waals surface area contributed by atoms with Crippen molar-refractivity contribution in [2.24, 2.45) is 5.16 Å². The van der Waals surface area contributed by atoms with Crippen LogP contribution in [0.15, 0.2) is 53.9 Å². The fourth-order valence-electron chi connectivity index (χ4n) is 1.50. The second kappa shape index (κ2) is 4.57. The van der Waals surface area contributed by atoms with Crippen LogP contribution in [0, 0.1) is 6.92 Å². The molecule has 0 amide bonds. The van der Waals surface area contributed by atoms with Gasteiger partial charge in [0.1, 0.15) is 5.71 Å². The Morgan fingerprint density at radius 1 is 1.00 bits per heavy atom. The molecule has 0 saturated heterocycles. The predicted molar refractivity (Wildman–Crippen MR) is 62.8 cm³/mol. The average Bonchev–Trinajstić information content (AvgIpc) is 2.34. The summed E-state index contributed by atoms with van der Waals surface area (Å²) in [6.07, 6.45) is 3.35. The molecule has 0 aliphatic rings. The molecule has 80 valence electrons. The molecule has 1 heterocycles. The Morgan fingerprint density at radius 3 is 2.12 bits per heavy atom. The molecule has 2 aromatic rings. The molecular weight excluding hydrogens is 200 g/mol. The van der Waals surface area contributed by atoms with Gasteiger partial charge in [0.25, 0.3) is 0 Å². The third-order valence-electron chi connectivity index (χ3n) is 2.38. The van der Waals surface area contributed by atoms with E-state index in [9.17, 15) is 0 Å². The lowest BCUT2D eigenvalue weighted by molar-refractivity contribution is 0.319. The maximum Gasteiger partial charge on any atom is 0.117 e. The van der Waals surface area contributed by atoms with Crippen LogP contribution in [0.4, 0.5) is 0 Å². The summed E-state index contributed by atoms with van der Waals surface area (Å²) in [7, 11) is 0. The van der Waals surface area contributed by atoms with Crippen molar-refractivity contribution in [2.45, 2.75) is 6.92 Å². The van der Waals surface area contributed by atoms with E-state index in [1.165, 1.54) is 5.56 Å². The van der Waals surface area contributed by atoms with Gasteiger partial charge in [-0.05, 0) is 19.1 Å². The molecular formula is C13H12N2O. The molecule has 0 aliphatic carbocycles. The first-order valence-electron chi connectivity index (χ1n) is 5.01. The number of oxime groups is 1. The minimum atomic E-state index is 0.558. The van der Waals surface area contributed by atoms with E-state index in [0.29, 0.717) is 5.71 Å². The summed E-state index contributed by atoms with van der Waals surface area (Å²) in [6.45, 7) is 2.02. The van der Waals surface area contributed by atoms with Gasteiger partial charge >= 0.3 is 0 Å². The largest absolute Gasteiger partial charge is 0.410 e. The quantitative estimate of drug-likeness (QED) is 0.472. The fourth-order valence-corrected chi connectivity index (χ4v) is 1.50. The summed E-state index contributed by atoms with van der Waals surface area (Å²) < 4.78 is 0. The van der Waals surface area contributed by atoms with Gasteiger partial charge in [-0.3, -0.25) is 4.98 Å². The Kier molecular flexibility index (Phi) is 2.96. The Hall–Kier alpha value is -2.16. The number of hydrogen-bond donors (Lipinski definition) is 1. The van der Waals surface area contributed by atoms with Crippen molar-refractivity contribution >= 4 is 5.71 Å². The molecule has 2 rings (SSSR count). The van der Waals surface area contributed by atoms with E-state index < -0.39 is 0 Å². The Morgan fingerprint density at radius 2 is 1.56 bits per heavy atom. The maximum absolute atomic E-state index is 9.07. The van der Waals surface area contributed by atoms with E-state index in [1.807, 2.05) is 43.3 Å². The molecule has 3 heteroatoms. The summed E-state index contributed by atoms with van der Waals surface area (Å²) >= 11 is 0. The lowest BCUT2D eigenvalue weighted by Crippen LogP contribution is -2.03. The molecule has 0 unspecified atom stereocenters. The minimum absolute atomic E-state index is 0.558.